The van der Waals surface area contributed by atoms with E-state index in [0.717, 1.165) is 0 Å². The first-order valence-corrected chi connectivity index (χ1v) is 7.66. The van der Waals surface area contributed by atoms with E-state index in [1.54, 1.807) is 0 Å². The molecule has 2 rings (SSSR count). The lowest BCUT2D eigenvalue weighted by Gasteiger charge is -2.26. The van der Waals surface area contributed by atoms with Crippen molar-refractivity contribution < 1.29 is 8.42 Å². The maximum Gasteiger partial charge on any atom is 0.301 e. The second-order valence-electron chi connectivity index (χ2n) is 4.30. The van der Waals surface area contributed by atoms with Gasteiger partial charge in [-0.05, 0) is 13.0 Å². The summed E-state index contributed by atoms with van der Waals surface area (Å²) in [5, 5.41) is 3.10. The summed E-state index contributed by atoms with van der Waals surface area (Å²) in [7, 11) is -3.55. The van der Waals surface area contributed by atoms with Crippen LogP contribution in [0.4, 0.5) is 5.69 Å². The fraction of sp³-hybridized carbons (Fsp3) is 0.545. The molecule has 0 radical (unpaired) electrons. The highest BCUT2D eigenvalue weighted by Crippen LogP contribution is 2.10. The predicted molar refractivity (Wildman–Crippen MR) is 73.4 cm³/mol. The zero-order valence-electron chi connectivity index (χ0n) is 10.8. The Labute approximate surface area is 112 Å². The molecular formula is C11H18N4O3S. The minimum absolute atomic E-state index is 0.146. The fourth-order valence-corrected chi connectivity index (χ4v) is 3.15. The SMILES string of the molecule is CCn1cc(NS(=O)(=O)N2CCNCC2)ccc1=O. The van der Waals surface area contributed by atoms with Crippen LogP contribution in [-0.2, 0) is 16.8 Å². The van der Waals surface area contributed by atoms with Gasteiger partial charge in [0.15, 0.2) is 0 Å². The highest BCUT2D eigenvalue weighted by molar-refractivity contribution is 7.90. The highest BCUT2D eigenvalue weighted by Gasteiger charge is 2.23. The molecule has 1 aromatic rings. The maximum absolute atomic E-state index is 12.1. The Morgan fingerprint density at radius 1 is 1.32 bits per heavy atom. The third kappa shape index (κ3) is 3.34. The number of pyridine rings is 1. The maximum atomic E-state index is 12.1. The number of piperazine rings is 1. The second kappa shape index (κ2) is 5.72. The van der Waals surface area contributed by atoms with E-state index in [1.165, 1.54) is 27.2 Å². The Bertz CT molecular complexity index is 590. The third-order valence-corrected chi connectivity index (χ3v) is 4.53. The molecule has 106 valence electrons. The predicted octanol–water partition coefficient (Wildman–Crippen LogP) is -0.570. The Hall–Kier alpha value is -1.38. The zero-order valence-corrected chi connectivity index (χ0v) is 11.6. The summed E-state index contributed by atoms with van der Waals surface area (Å²) in [4.78, 5) is 11.4. The van der Waals surface area contributed by atoms with Crippen molar-refractivity contribution in [2.24, 2.45) is 0 Å². The molecular weight excluding hydrogens is 268 g/mol. The van der Waals surface area contributed by atoms with E-state index in [9.17, 15) is 13.2 Å². The molecule has 2 heterocycles. The molecule has 0 unspecified atom stereocenters. The van der Waals surface area contributed by atoms with E-state index in [0.29, 0.717) is 38.4 Å². The van der Waals surface area contributed by atoms with Gasteiger partial charge in [0.25, 0.3) is 5.56 Å². The summed E-state index contributed by atoms with van der Waals surface area (Å²) in [6, 6.07) is 2.84. The summed E-state index contributed by atoms with van der Waals surface area (Å²) in [5.41, 5.74) is 0.257. The van der Waals surface area contributed by atoms with Crippen LogP contribution in [0.15, 0.2) is 23.1 Å². The van der Waals surface area contributed by atoms with E-state index in [-0.39, 0.29) is 5.56 Å². The number of hydrogen-bond acceptors (Lipinski definition) is 4. The molecule has 0 aromatic carbocycles. The fourth-order valence-electron chi connectivity index (χ4n) is 1.94. The van der Waals surface area contributed by atoms with Crippen LogP contribution in [0.25, 0.3) is 0 Å². The molecule has 1 aliphatic rings. The van der Waals surface area contributed by atoms with Crippen LogP contribution in [0.5, 0.6) is 0 Å². The smallest absolute Gasteiger partial charge is 0.301 e. The molecule has 1 aliphatic heterocycles. The van der Waals surface area contributed by atoms with Gasteiger partial charge < -0.3 is 9.88 Å². The minimum Gasteiger partial charge on any atom is -0.314 e. The summed E-state index contributed by atoms with van der Waals surface area (Å²) < 4.78 is 29.6. The van der Waals surface area contributed by atoms with Crippen LogP contribution in [0.3, 0.4) is 0 Å². The zero-order chi connectivity index (χ0) is 13.9. The Morgan fingerprint density at radius 2 is 2.00 bits per heavy atom. The quantitative estimate of drug-likeness (QED) is 0.776. The van der Waals surface area contributed by atoms with Crippen molar-refractivity contribution in [3.63, 3.8) is 0 Å². The summed E-state index contributed by atoms with van der Waals surface area (Å²) in [6.07, 6.45) is 1.52. The van der Waals surface area contributed by atoms with Gasteiger partial charge in [-0.2, -0.15) is 12.7 Å². The first kappa shape index (κ1) is 14.0. The van der Waals surface area contributed by atoms with Gasteiger partial charge in [-0.3, -0.25) is 9.52 Å². The molecule has 0 saturated carbocycles. The molecule has 1 saturated heterocycles. The lowest BCUT2D eigenvalue weighted by Crippen LogP contribution is -2.48. The van der Waals surface area contributed by atoms with Crippen molar-refractivity contribution in [3.05, 3.63) is 28.7 Å². The number of anilines is 1. The van der Waals surface area contributed by atoms with Crippen molar-refractivity contribution in [2.75, 3.05) is 30.9 Å². The van der Waals surface area contributed by atoms with Crippen LogP contribution in [0, 0.1) is 0 Å². The Kier molecular flexibility index (Phi) is 4.23. The average Bonchev–Trinajstić information content (AvgIpc) is 2.42. The Morgan fingerprint density at radius 3 is 2.63 bits per heavy atom. The van der Waals surface area contributed by atoms with E-state index in [1.807, 2.05) is 6.92 Å². The number of hydrogen-bond donors (Lipinski definition) is 2. The van der Waals surface area contributed by atoms with Crippen molar-refractivity contribution in [1.29, 1.82) is 0 Å². The monoisotopic (exact) mass is 286 g/mol. The normalized spacial score (nSPS) is 17.3. The summed E-state index contributed by atoms with van der Waals surface area (Å²) >= 11 is 0. The molecule has 8 heteroatoms. The van der Waals surface area contributed by atoms with Crippen molar-refractivity contribution in [3.8, 4) is 0 Å². The van der Waals surface area contributed by atoms with E-state index >= 15 is 0 Å². The van der Waals surface area contributed by atoms with Gasteiger partial charge in [0.05, 0.1) is 5.69 Å². The number of rotatable bonds is 4. The molecule has 19 heavy (non-hydrogen) atoms. The van der Waals surface area contributed by atoms with Gasteiger partial charge in [0.2, 0.25) is 0 Å². The number of aryl methyl sites for hydroxylation is 1. The van der Waals surface area contributed by atoms with Gasteiger partial charge in [0, 0.05) is 45.0 Å². The summed E-state index contributed by atoms with van der Waals surface area (Å²) in [5.74, 6) is 0. The van der Waals surface area contributed by atoms with Gasteiger partial charge in [-0.25, -0.2) is 0 Å². The van der Waals surface area contributed by atoms with E-state index < -0.39 is 10.2 Å². The molecule has 0 atom stereocenters. The van der Waals surface area contributed by atoms with Crippen LogP contribution in [0.1, 0.15) is 6.92 Å². The first-order chi connectivity index (χ1) is 9.03. The lowest BCUT2D eigenvalue weighted by molar-refractivity contribution is 0.362. The molecule has 1 aromatic heterocycles. The number of aromatic nitrogens is 1. The molecule has 0 bridgehead atoms. The van der Waals surface area contributed by atoms with Crippen LogP contribution in [0.2, 0.25) is 0 Å². The van der Waals surface area contributed by atoms with E-state index in [4.69, 9.17) is 0 Å². The van der Waals surface area contributed by atoms with Gasteiger partial charge in [0.1, 0.15) is 0 Å². The molecule has 0 amide bonds. The Balaban J connectivity index is 2.17. The van der Waals surface area contributed by atoms with E-state index in [2.05, 4.69) is 10.0 Å². The van der Waals surface area contributed by atoms with Crippen molar-refractivity contribution in [2.45, 2.75) is 13.5 Å². The van der Waals surface area contributed by atoms with Crippen LogP contribution in [-0.4, -0.2) is 43.5 Å². The molecule has 1 fully saturated rings. The lowest BCUT2D eigenvalue weighted by atomic mass is 10.4. The largest absolute Gasteiger partial charge is 0.314 e. The number of nitrogens with zero attached hydrogens (tertiary/aromatic N) is 2. The number of nitrogens with one attached hydrogen (secondary N) is 2. The van der Waals surface area contributed by atoms with Gasteiger partial charge >= 0.3 is 10.2 Å². The standard InChI is InChI=1S/C11H18N4O3S/c1-2-14-9-10(3-4-11(14)16)13-19(17,18)15-7-5-12-6-8-15/h3-4,9,12-13H,2,5-8H2,1H3. The molecule has 0 spiro atoms. The van der Waals surface area contributed by atoms with Crippen molar-refractivity contribution in [1.82, 2.24) is 14.2 Å². The molecule has 2 N–H and O–H groups in total. The minimum atomic E-state index is -3.55. The van der Waals surface area contributed by atoms with Crippen molar-refractivity contribution >= 4 is 15.9 Å². The molecule has 7 nitrogen and oxygen atoms in total. The highest BCUT2D eigenvalue weighted by atomic mass is 32.2. The summed E-state index contributed by atoms with van der Waals surface area (Å²) in [6.45, 7) is 4.52. The van der Waals surface area contributed by atoms with Gasteiger partial charge in [-0.15, -0.1) is 0 Å². The van der Waals surface area contributed by atoms with Crippen LogP contribution < -0.4 is 15.6 Å². The second-order valence-corrected chi connectivity index (χ2v) is 5.97. The average molecular weight is 286 g/mol. The van der Waals surface area contributed by atoms with Crippen LogP contribution >= 0.6 is 0 Å². The topological polar surface area (TPSA) is 83.4 Å². The third-order valence-electron chi connectivity index (χ3n) is 2.99. The molecule has 0 aliphatic carbocycles. The first-order valence-electron chi connectivity index (χ1n) is 6.22. The van der Waals surface area contributed by atoms with Gasteiger partial charge in [-0.1, -0.05) is 0 Å².